The van der Waals surface area contributed by atoms with Gasteiger partial charge in [-0.3, -0.25) is 0 Å². The Labute approximate surface area is 126 Å². The van der Waals surface area contributed by atoms with Crippen molar-refractivity contribution in [2.24, 2.45) is 0 Å². The van der Waals surface area contributed by atoms with Crippen LogP contribution < -0.4 is 14.8 Å². The van der Waals surface area contributed by atoms with E-state index in [2.05, 4.69) is 15.3 Å². The Morgan fingerprint density at radius 1 is 1.24 bits per heavy atom. The third-order valence-corrected chi connectivity index (χ3v) is 3.39. The van der Waals surface area contributed by atoms with Crippen molar-refractivity contribution in [1.29, 1.82) is 0 Å². The SMILES string of the molecule is CNc1nc(-c2cc(Cl)c3c(c2)OCCO3)nc(C)c1F. The summed E-state index contributed by atoms with van der Waals surface area (Å²) in [6.07, 6.45) is 0. The van der Waals surface area contributed by atoms with Crippen LogP contribution in [-0.2, 0) is 0 Å². The number of halogens is 2. The van der Waals surface area contributed by atoms with E-state index in [1.807, 2.05) is 0 Å². The molecule has 0 bridgehead atoms. The first-order chi connectivity index (χ1) is 10.1. The molecule has 1 N–H and O–H groups in total. The quantitative estimate of drug-likeness (QED) is 0.924. The molecule has 0 saturated carbocycles. The van der Waals surface area contributed by atoms with E-state index in [1.54, 1.807) is 26.1 Å². The number of hydrogen-bond acceptors (Lipinski definition) is 5. The minimum atomic E-state index is -0.468. The van der Waals surface area contributed by atoms with Crippen molar-refractivity contribution in [3.63, 3.8) is 0 Å². The molecule has 0 aliphatic carbocycles. The number of aromatic nitrogens is 2. The molecule has 1 aromatic carbocycles. The van der Waals surface area contributed by atoms with Crippen LogP contribution in [0.15, 0.2) is 12.1 Å². The molecule has 110 valence electrons. The average Bonchev–Trinajstić information content (AvgIpc) is 2.50. The number of hydrogen-bond donors (Lipinski definition) is 1. The molecule has 0 radical (unpaired) electrons. The molecule has 1 aliphatic rings. The van der Waals surface area contributed by atoms with Crippen LogP contribution in [0.2, 0.25) is 5.02 Å². The second kappa shape index (κ2) is 5.37. The lowest BCUT2D eigenvalue weighted by atomic mass is 10.1. The lowest BCUT2D eigenvalue weighted by molar-refractivity contribution is 0.172. The minimum Gasteiger partial charge on any atom is -0.486 e. The van der Waals surface area contributed by atoms with Gasteiger partial charge in [0.2, 0.25) is 0 Å². The van der Waals surface area contributed by atoms with Gasteiger partial charge < -0.3 is 14.8 Å². The monoisotopic (exact) mass is 309 g/mol. The molecule has 1 aliphatic heterocycles. The zero-order valence-corrected chi connectivity index (χ0v) is 12.3. The fraction of sp³-hybridized carbons (Fsp3) is 0.286. The first kappa shape index (κ1) is 13.9. The second-order valence-corrected chi connectivity index (χ2v) is 4.93. The Morgan fingerprint density at radius 2 is 2.00 bits per heavy atom. The van der Waals surface area contributed by atoms with E-state index >= 15 is 0 Å². The number of benzene rings is 1. The molecule has 5 nitrogen and oxygen atoms in total. The standard InChI is InChI=1S/C14H13ClFN3O2/c1-7-11(16)14(17-2)19-13(18-7)8-5-9(15)12-10(6-8)20-3-4-21-12/h5-6H,3-4H2,1-2H3,(H,17,18,19). The Kier molecular flexibility index (Phi) is 3.55. The summed E-state index contributed by atoms with van der Waals surface area (Å²) in [4.78, 5) is 8.32. The average molecular weight is 310 g/mol. The van der Waals surface area contributed by atoms with Gasteiger partial charge >= 0.3 is 0 Å². The largest absolute Gasteiger partial charge is 0.486 e. The van der Waals surface area contributed by atoms with Gasteiger partial charge in [0.25, 0.3) is 0 Å². The highest BCUT2D eigenvalue weighted by Gasteiger charge is 2.19. The normalized spacial score (nSPS) is 13.1. The molecule has 21 heavy (non-hydrogen) atoms. The van der Waals surface area contributed by atoms with Gasteiger partial charge in [-0.15, -0.1) is 0 Å². The molecule has 0 spiro atoms. The van der Waals surface area contributed by atoms with Gasteiger partial charge in [0, 0.05) is 12.6 Å². The molecule has 1 aromatic heterocycles. The highest BCUT2D eigenvalue weighted by Crippen LogP contribution is 2.40. The number of rotatable bonds is 2. The molecule has 2 aromatic rings. The van der Waals surface area contributed by atoms with Gasteiger partial charge in [-0.2, -0.15) is 0 Å². The van der Waals surface area contributed by atoms with Gasteiger partial charge in [0.1, 0.15) is 13.2 Å². The fourth-order valence-electron chi connectivity index (χ4n) is 2.09. The Balaban J connectivity index is 2.13. The number of nitrogens with zero attached hydrogens (tertiary/aromatic N) is 2. The molecule has 0 fully saturated rings. The molecule has 0 saturated heterocycles. The van der Waals surface area contributed by atoms with Gasteiger partial charge in [-0.25, -0.2) is 14.4 Å². The summed E-state index contributed by atoms with van der Waals surface area (Å²) in [5.74, 6) is 1.10. The maximum atomic E-state index is 13.8. The molecule has 2 heterocycles. The summed E-state index contributed by atoms with van der Waals surface area (Å²) in [5, 5.41) is 3.12. The van der Waals surface area contributed by atoms with Crippen molar-refractivity contribution in [2.45, 2.75) is 6.92 Å². The Hall–Kier alpha value is -2.08. The van der Waals surface area contributed by atoms with Crippen LogP contribution in [0.5, 0.6) is 11.5 Å². The molecule has 3 rings (SSSR count). The van der Waals surface area contributed by atoms with Crippen LogP contribution in [0.1, 0.15) is 5.69 Å². The van der Waals surface area contributed by atoms with Crippen molar-refractivity contribution >= 4 is 17.4 Å². The van der Waals surface area contributed by atoms with E-state index in [4.69, 9.17) is 21.1 Å². The Morgan fingerprint density at radius 3 is 2.76 bits per heavy atom. The zero-order valence-electron chi connectivity index (χ0n) is 11.5. The summed E-state index contributed by atoms with van der Waals surface area (Å²) in [7, 11) is 1.60. The van der Waals surface area contributed by atoms with Crippen molar-refractivity contribution in [3.8, 4) is 22.9 Å². The lowest BCUT2D eigenvalue weighted by Gasteiger charge is -2.20. The Bertz CT molecular complexity index is 709. The van der Waals surface area contributed by atoms with Gasteiger partial charge in [0.05, 0.1) is 10.7 Å². The van der Waals surface area contributed by atoms with Crippen molar-refractivity contribution in [1.82, 2.24) is 9.97 Å². The number of ether oxygens (including phenoxy) is 2. The lowest BCUT2D eigenvalue weighted by Crippen LogP contribution is -2.15. The predicted molar refractivity (Wildman–Crippen MR) is 77.7 cm³/mol. The van der Waals surface area contributed by atoms with Crippen LogP contribution in [0.25, 0.3) is 11.4 Å². The molecule has 0 atom stereocenters. The van der Waals surface area contributed by atoms with E-state index in [0.29, 0.717) is 41.1 Å². The number of aryl methyl sites for hydroxylation is 1. The van der Waals surface area contributed by atoms with Crippen molar-refractivity contribution in [3.05, 3.63) is 28.7 Å². The van der Waals surface area contributed by atoms with E-state index in [0.717, 1.165) is 0 Å². The van der Waals surface area contributed by atoms with Crippen LogP contribution in [0.3, 0.4) is 0 Å². The zero-order chi connectivity index (χ0) is 15.0. The molecule has 0 unspecified atom stereocenters. The van der Waals surface area contributed by atoms with Crippen molar-refractivity contribution < 1.29 is 13.9 Å². The summed E-state index contributed by atoms with van der Waals surface area (Å²) in [5.41, 5.74) is 0.902. The van der Waals surface area contributed by atoms with Crippen LogP contribution in [-0.4, -0.2) is 30.2 Å². The molecular formula is C14H13ClFN3O2. The molecule has 0 amide bonds. The summed E-state index contributed by atoms with van der Waals surface area (Å²) >= 11 is 6.19. The third-order valence-electron chi connectivity index (χ3n) is 3.11. The number of anilines is 1. The van der Waals surface area contributed by atoms with E-state index < -0.39 is 5.82 Å². The van der Waals surface area contributed by atoms with E-state index in [9.17, 15) is 4.39 Å². The highest BCUT2D eigenvalue weighted by atomic mass is 35.5. The van der Waals surface area contributed by atoms with Gasteiger partial charge in [-0.1, -0.05) is 11.6 Å². The van der Waals surface area contributed by atoms with Crippen LogP contribution in [0, 0.1) is 12.7 Å². The third kappa shape index (κ3) is 2.47. The maximum Gasteiger partial charge on any atom is 0.186 e. The predicted octanol–water partition coefficient (Wildman–Crippen LogP) is 3.06. The summed E-state index contributed by atoms with van der Waals surface area (Å²) < 4.78 is 24.8. The number of fused-ring (bicyclic) bond motifs is 1. The van der Waals surface area contributed by atoms with Gasteiger partial charge in [0.15, 0.2) is 29.0 Å². The van der Waals surface area contributed by atoms with Crippen LogP contribution in [0.4, 0.5) is 10.2 Å². The molecular weight excluding hydrogens is 297 g/mol. The van der Waals surface area contributed by atoms with E-state index in [1.165, 1.54) is 0 Å². The summed E-state index contributed by atoms with van der Waals surface area (Å²) in [6.45, 7) is 2.50. The van der Waals surface area contributed by atoms with Crippen molar-refractivity contribution in [2.75, 3.05) is 25.6 Å². The second-order valence-electron chi connectivity index (χ2n) is 4.53. The highest BCUT2D eigenvalue weighted by molar-refractivity contribution is 6.32. The topological polar surface area (TPSA) is 56.3 Å². The smallest absolute Gasteiger partial charge is 0.186 e. The summed E-state index contributed by atoms with van der Waals surface area (Å²) in [6, 6.07) is 3.42. The number of nitrogens with one attached hydrogen (secondary N) is 1. The first-order valence-electron chi connectivity index (χ1n) is 6.41. The maximum absolute atomic E-state index is 13.8. The van der Waals surface area contributed by atoms with Gasteiger partial charge in [-0.05, 0) is 19.1 Å². The first-order valence-corrected chi connectivity index (χ1v) is 6.79. The molecule has 7 heteroatoms. The van der Waals surface area contributed by atoms with Crippen LogP contribution >= 0.6 is 11.6 Å². The minimum absolute atomic E-state index is 0.142. The fourth-order valence-corrected chi connectivity index (χ4v) is 2.36. The van der Waals surface area contributed by atoms with E-state index in [-0.39, 0.29) is 11.5 Å².